The van der Waals surface area contributed by atoms with Gasteiger partial charge in [-0.3, -0.25) is 4.79 Å². The normalized spacial score (nSPS) is 22.4. The molecule has 0 spiro atoms. The summed E-state index contributed by atoms with van der Waals surface area (Å²) in [5.41, 5.74) is 0.846. The average molecular weight is 249 g/mol. The number of Topliss-reactive ketones (excluding diaryl/α,β-unsaturated/α-hetero) is 1. The molecule has 0 aliphatic carbocycles. The Bertz CT molecular complexity index is 548. The maximum atomic E-state index is 11.9. The maximum absolute atomic E-state index is 11.9. The highest BCUT2D eigenvalue weighted by atomic mass is 35.5. The fourth-order valence-electron chi connectivity index (χ4n) is 1.81. The fourth-order valence-corrected chi connectivity index (χ4v) is 2.06. The van der Waals surface area contributed by atoms with Gasteiger partial charge < -0.3 is 9.15 Å². The van der Waals surface area contributed by atoms with Gasteiger partial charge in [0.25, 0.3) is 0 Å². The van der Waals surface area contributed by atoms with Crippen LogP contribution in [-0.4, -0.2) is 11.9 Å². The first-order chi connectivity index (χ1) is 8.27. The number of ketones is 1. The summed E-state index contributed by atoms with van der Waals surface area (Å²) in [6.45, 7) is 0. The van der Waals surface area contributed by atoms with Crippen LogP contribution < -0.4 is 0 Å². The standard InChI is InChI=1S/C13H9ClO3/c14-9-5-2-1-4-8(9)12-13(17-12)11(15)10-6-3-7-16-10/h1-7,12-13H/t12-,13-/m0/s1. The first-order valence-electron chi connectivity index (χ1n) is 5.25. The molecular formula is C13H9ClO3. The van der Waals surface area contributed by atoms with Crippen molar-refractivity contribution in [1.82, 2.24) is 0 Å². The Labute approximate surface area is 103 Å². The highest BCUT2D eigenvalue weighted by molar-refractivity contribution is 6.31. The summed E-state index contributed by atoms with van der Waals surface area (Å²) < 4.78 is 10.4. The van der Waals surface area contributed by atoms with Crippen molar-refractivity contribution in [2.24, 2.45) is 0 Å². The molecule has 2 heterocycles. The summed E-state index contributed by atoms with van der Waals surface area (Å²) >= 11 is 6.04. The lowest BCUT2D eigenvalue weighted by Crippen LogP contribution is -2.06. The van der Waals surface area contributed by atoms with Gasteiger partial charge in [-0.1, -0.05) is 29.8 Å². The third-order valence-electron chi connectivity index (χ3n) is 2.73. The van der Waals surface area contributed by atoms with Gasteiger partial charge in [0.2, 0.25) is 5.78 Å². The smallest absolute Gasteiger partial charge is 0.229 e. The molecule has 0 radical (unpaired) electrons. The molecule has 1 aliphatic heterocycles. The van der Waals surface area contributed by atoms with E-state index in [1.54, 1.807) is 18.2 Å². The molecule has 2 aromatic rings. The molecule has 3 rings (SSSR count). The van der Waals surface area contributed by atoms with Crippen molar-refractivity contribution in [1.29, 1.82) is 0 Å². The molecular weight excluding hydrogens is 240 g/mol. The number of benzene rings is 1. The number of ether oxygens (including phenoxy) is 1. The van der Waals surface area contributed by atoms with Crippen LogP contribution in [0.4, 0.5) is 0 Å². The van der Waals surface area contributed by atoms with E-state index in [1.165, 1.54) is 6.26 Å². The first kappa shape index (κ1) is 10.6. The molecule has 0 N–H and O–H groups in total. The van der Waals surface area contributed by atoms with Crippen molar-refractivity contribution < 1.29 is 13.9 Å². The number of furan rings is 1. The van der Waals surface area contributed by atoms with Crippen LogP contribution in [0.3, 0.4) is 0 Å². The molecule has 3 nitrogen and oxygen atoms in total. The van der Waals surface area contributed by atoms with Crippen LogP contribution in [0.25, 0.3) is 0 Å². The van der Waals surface area contributed by atoms with Gasteiger partial charge in [-0.25, -0.2) is 0 Å². The molecule has 0 bridgehead atoms. The second-order valence-electron chi connectivity index (χ2n) is 3.84. The summed E-state index contributed by atoms with van der Waals surface area (Å²) in [6.07, 6.45) is 0.752. The lowest BCUT2D eigenvalue weighted by atomic mass is 10.1. The Balaban J connectivity index is 1.79. The summed E-state index contributed by atoms with van der Waals surface area (Å²) in [6, 6.07) is 10.7. The first-order valence-corrected chi connectivity index (χ1v) is 5.63. The minimum atomic E-state index is -0.471. The summed E-state index contributed by atoms with van der Waals surface area (Å²) in [4.78, 5) is 11.9. The van der Waals surface area contributed by atoms with Gasteiger partial charge in [0, 0.05) is 10.6 Å². The second kappa shape index (κ2) is 4.02. The molecule has 1 aliphatic rings. The van der Waals surface area contributed by atoms with Crippen LogP contribution in [0.5, 0.6) is 0 Å². The van der Waals surface area contributed by atoms with E-state index in [-0.39, 0.29) is 11.9 Å². The van der Waals surface area contributed by atoms with E-state index >= 15 is 0 Å². The molecule has 86 valence electrons. The Hall–Kier alpha value is -1.58. The zero-order valence-electron chi connectivity index (χ0n) is 8.80. The molecule has 17 heavy (non-hydrogen) atoms. The van der Waals surface area contributed by atoms with Gasteiger partial charge in [-0.2, -0.15) is 0 Å². The van der Waals surface area contributed by atoms with Gasteiger partial charge in [-0.15, -0.1) is 0 Å². The van der Waals surface area contributed by atoms with E-state index in [4.69, 9.17) is 20.8 Å². The van der Waals surface area contributed by atoms with Gasteiger partial charge in [-0.05, 0) is 18.2 Å². The minimum Gasteiger partial charge on any atom is -0.461 e. The third kappa shape index (κ3) is 1.88. The summed E-state index contributed by atoms with van der Waals surface area (Å²) in [5.74, 6) is 0.185. The summed E-state index contributed by atoms with van der Waals surface area (Å²) in [7, 11) is 0. The molecule has 1 fully saturated rings. The second-order valence-corrected chi connectivity index (χ2v) is 4.25. The Morgan fingerprint density at radius 2 is 2.00 bits per heavy atom. The van der Waals surface area contributed by atoms with Crippen molar-refractivity contribution in [3.8, 4) is 0 Å². The van der Waals surface area contributed by atoms with Gasteiger partial charge in [0.15, 0.2) is 11.9 Å². The van der Waals surface area contributed by atoms with E-state index in [1.807, 2.05) is 18.2 Å². The van der Waals surface area contributed by atoms with Crippen LogP contribution >= 0.6 is 11.6 Å². The van der Waals surface area contributed by atoms with Gasteiger partial charge in [0.05, 0.1) is 6.26 Å². The number of halogens is 1. The Morgan fingerprint density at radius 1 is 1.18 bits per heavy atom. The number of epoxide rings is 1. The van der Waals surface area contributed by atoms with E-state index < -0.39 is 6.10 Å². The molecule has 1 aromatic carbocycles. The van der Waals surface area contributed by atoms with Crippen LogP contribution in [0.2, 0.25) is 5.02 Å². The summed E-state index contributed by atoms with van der Waals surface area (Å²) in [5, 5.41) is 0.618. The fraction of sp³-hybridized carbons (Fsp3) is 0.154. The number of hydrogen-bond donors (Lipinski definition) is 0. The van der Waals surface area contributed by atoms with Gasteiger partial charge >= 0.3 is 0 Å². The SMILES string of the molecule is O=C(c1ccco1)[C@@H]1O[C@H]1c1ccccc1Cl. The molecule has 0 amide bonds. The molecule has 4 heteroatoms. The number of carbonyl (C=O) groups is 1. The molecule has 2 atom stereocenters. The van der Waals surface area contributed by atoms with Crippen molar-refractivity contribution in [2.75, 3.05) is 0 Å². The number of carbonyl (C=O) groups excluding carboxylic acids is 1. The predicted molar refractivity (Wildman–Crippen MR) is 62.1 cm³/mol. The highest BCUT2D eigenvalue weighted by Gasteiger charge is 2.47. The van der Waals surface area contributed by atoms with E-state index in [0.717, 1.165) is 5.56 Å². The molecule has 1 saturated heterocycles. The minimum absolute atomic E-state index is 0.139. The van der Waals surface area contributed by atoms with E-state index in [9.17, 15) is 4.79 Å². The van der Waals surface area contributed by atoms with Crippen molar-refractivity contribution in [3.05, 3.63) is 59.0 Å². The van der Waals surface area contributed by atoms with Crippen LogP contribution in [0, 0.1) is 0 Å². The van der Waals surface area contributed by atoms with E-state index in [2.05, 4.69) is 0 Å². The van der Waals surface area contributed by atoms with Crippen LogP contribution in [0.1, 0.15) is 22.2 Å². The zero-order valence-corrected chi connectivity index (χ0v) is 9.55. The van der Waals surface area contributed by atoms with E-state index in [0.29, 0.717) is 10.8 Å². The Morgan fingerprint density at radius 3 is 2.71 bits per heavy atom. The van der Waals surface area contributed by atoms with Crippen LogP contribution in [-0.2, 0) is 4.74 Å². The maximum Gasteiger partial charge on any atom is 0.229 e. The molecule has 0 unspecified atom stereocenters. The zero-order chi connectivity index (χ0) is 11.8. The number of rotatable bonds is 3. The highest BCUT2D eigenvalue weighted by Crippen LogP contribution is 2.43. The van der Waals surface area contributed by atoms with Gasteiger partial charge in [0.1, 0.15) is 6.10 Å². The predicted octanol–water partition coefficient (Wildman–Crippen LogP) is 3.26. The molecule has 1 aromatic heterocycles. The third-order valence-corrected chi connectivity index (χ3v) is 3.07. The monoisotopic (exact) mass is 248 g/mol. The topological polar surface area (TPSA) is 42.7 Å². The van der Waals surface area contributed by atoms with Crippen molar-refractivity contribution in [2.45, 2.75) is 12.2 Å². The van der Waals surface area contributed by atoms with Crippen LogP contribution in [0.15, 0.2) is 47.1 Å². The van der Waals surface area contributed by atoms with Crippen molar-refractivity contribution in [3.63, 3.8) is 0 Å². The van der Waals surface area contributed by atoms with Crippen molar-refractivity contribution >= 4 is 17.4 Å². The lowest BCUT2D eigenvalue weighted by Gasteiger charge is -1.98. The molecule has 0 saturated carbocycles. The number of hydrogen-bond acceptors (Lipinski definition) is 3. The largest absolute Gasteiger partial charge is 0.461 e. The lowest BCUT2D eigenvalue weighted by molar-refractivity contribution is 0.0926. The Kier molecular flexibility index (Phi) is 2.50. The quantitative estimate of drug-likeness (QED) is 0.619. The average Bonchev–Trinajstić information content (AvgIpc) is 2.93.